The number of nitrogens with zero attached hydrogens (tertiary/aromatic N) is 1. The van der Waals surface area contributed by atoms with Crippen LogP contribution < -0.4 is 10.9 Å². The maximum atomic E-state index is 12.5. The van der Waals surface area contributed by atoms with Crippen molar-refractivity contribution in [1.29, 1.82) is 0 Å². The number of nitro groups is 1. The summed E-state index contributed by atoms with van der Waals surface area (Å²) in [6.45, 7) is 0.265. The van der Waals surface area contributed by atoms with E-state index in [0.29, 0.717) is 16.8 Å². The molecular weight excluding hydrogens is 374 g/mol. The molecular formula is C18H14ClN3O5. The molecule has 8 nitrogen and oxygen atoms in total. The van der Waals surface area contributed by atoms with Crippen molar-refractivity contribution < 1.29 is 14.5 Å². The fraction of sp³-hybridized carbons (Fsp3) is 0.111. The Morgan fingerprint density at radius 1 is 1.26 bits per heavy atom. The minimum Gasteiger partial charge on any atom is -0.380 e. The van der Waals surface area contributed by atoms with Crippen molar-refractivity contribution in [3.05, 3.63) is 79.1 Å². The zero-order valence-electron chi connectivity index (χ0n) is 14.1. The van der Waals surface area contributed by atoms with Crippen LogP contribution in [-0.2, 0) is 11.3 Å². The highest BCUT2D eigenvalue weighted by Crippen LogP contribution is 2.25. The monoisotopic (exact) mass is 387 g/mol. The number of H-pyrrole nitrogens is 1. The summed E-state index contributed by atoms with van der Waals surface area (Å²) in [7, 11) is 1.53. The molecule has 0 bridgehead atoms. The van der Waals surface area contributed by atoms with E-state index in [2.05, 4.69) is 10.3 Å². The number of anilines is 1. The third-order valence-corrected chi connectivity index (χ3v) is 4.12. The first kappa shape index (κ1) is 18.6. The molecule has 0 unspecified atom stereocenters. The van der Waals surface area contributed by atoms with Crippen LogP contribution in [0.15, 0.2) is 47.3 Å². The third-order valence-electron chi connectivity index (χ3n) is 3.89. The summed E-state index contributed by atoms with van der Waals surface area (Å²) in [5.74, 6) is -0.682. The fourth-order valence-electron chi connectivity index (χ4n) is 2.73. The second-order valence-corrected chi connectivity index (χ2v) is 6.16. The van der Waals surface area contributed by atoms with Gasteiger partial charge in [0.1, 0.15) is 5.56 Å². The molecule has 9 heteroatoms. The van der Waals surface area contributed by atoms with E-state index < -0.39 is 10.8 Å². The first-order chi connectivity index (χ1) is 12.9. The van der Waals surface area contributed by atoms with Crippen molar-refractivity contribution in [1.82, 2.24) is 4.98 Å². The zero-order chi connectivity index (χ0) is 19.6. The molecule has 0 atom stereocenters. The third kappa shape index (κ3) is 3.97. The largest absolute Gasteiger partial charge is 0.380 e. The fourth-order valence-corrected chi connectivity index (χ4v) is 2.91. The van der Waals surface area contributed by atoms with Crippen LogP contribution in [0.1, 0.15) is 15.9 Å². The highest BCUT2D eigenvalue weighted by Gasteiger charge is 2.20. The number of nitrogens with one attached hydrogen (secondary N) is 2. The SMILES string of the molecule is COCc1cc(=O)[nH]c2cc(NC(=O)c3cc(Cl)ccc3[N+](=O)[O-])ccc12. The molecule has 0 aliphatic rings. The summed E-state index contributed by atoms with van der Waals surface area (Å²) in [5.41, 5.74) is 0.769. The number of amides is 1. The second kappa shape index (κ2) is 7.56. The predicted molar refractivity (Wildman–Crippen MR) is 101 cm³/mol. The number of halogens is 1. The molecule has 0 spiro atoms. The van der Waals surface area contributed by atoms with Crippen LogP contribution in [0.3, 0.4) is 0 Å². The second-order valence-electron chi connectivity index (χ2n) is 5.72. The van der Waals surface area contributed by atoms with E-state index in [9.17, 15) is 19.7 Å². The van der Waals surface area contributed by atoms with Gasteiger partial charge in [-0.2, -0.15) is 0 Å². The van der Waals surface area contributed by atoms with Crippen LogP contribution in [0.25, 0.3) is 10.9 Å². The van der Waals surface area contributed by atoms with Gasteiger partial charge in [0, 0.05) is 35.3 Å². The Bertz CT molecular complexity index is 1110. The Labute approximate surface area is 157 Å². The summed E-state index contributed by atoms with van der Waals surface area (Å²) in [5, 5.41) is 14.7. The Kier molecular flexibility index (Phi) is 5.20. The summed E-state index contributed by atoms with van der Waals surface area (Å²) < 4.78 is 5.09. The van der Waals surface area contributed by atoms with E-state index in [4.69, 9.17) is 16.3 Å². The molecule has 1 amide bonds. The molecule has 0 saturated carbocycles. The molecule has 2 N–H and O–H groups in total. The molecule has 3 aromatic rings. The van der Waals surface area contributed by atoms with Gasteiger partial charge in [0.25, 0.3) is 11.6 Å². The first-order valence-corrected chi connectivity index (χ1v) is 8.17. The predicted octanol–water partition coefficient (Wildman–Crippen LogP) is 3.49. The van der Waals surface area contributed by atoms with Gasteiger partial charge < -0.3 is 15.0 Å². The number of fused-ring (bicyclic) bond motifs is 1. The van der Waals surface area contributed by atoms with Crippen molar-refractivity contribution in [2.45, 2.75) is 6.61 Å². The van der Waals surface area contributed by atoms with Gasteiger partial charge >= 0.3 is 0 Å². The molecule has 138 valence electrons. The topological polar surface area (TPSA) is 114 Å². The first-order valence-electron chi connectivity index (χ1n) is 7.79. The molecule has 2 aromatic carbocycles. The van der Waals surface area contributed by atoms with E-state index in [0.717, 1.165) is 5.39 Å². The van der Waals surface area contributed by atoms with Crippen LogP contribution >= 0.6 is 11.6 Å². The highest BCUT2D eigenvalue weighted by atomic mass is 35.5. The standard InChI is InChI=1S/C18H14ClN3O5/c1-27-9-10-6-17(23)21-15-8-12(3-4-13(10)15)20-18(24)14-7-11(19)2-5-16(14)22(25)26/h2-8H,9H2,1H3,(H,20,24)(H,21,23). The normalized spacial score (nSPS) is 10.7. The van der Waals surface area contributed by atoms with Crippen molar-refractivity contribution >= 4 is 39.8 Å². The van der Waals surface area contributed by atoms with Gasteiger partial charge in [0.05, 0.1) is 17.0 Å². The minimum absolute atomic E-state index is 0.158. The summed E-state index contributed by atoms with van der Waals surface area (Å²) in [6.07, 6.45) is 0. The lowest BCUT2D eigenvalue weighted by Gasteiger charge is -2.09. The summed E-state index contributed by atoms with van der Waals surface area (Å²) >= 11 is 5.86. The number of hydrogen-bond donors (Lipinski definition) is 2. The summed E-state index contributed by atoms with van der Waals surface area (Å²) in [6, 6.07) is 10.1. The average Bonchev–Trinajstić information content (AvgIpc) is 2.61. The number of aromatic nitrogens is 1. The van der Waals surface area contributed by atoms with Crippen LogP contribution in [0.5, 0.6) is 0 Å². The number of carbonyl (C=O) groups excluding carboxylic acids is 1. The lowest BCUT2D eigenvalue weighted by molar-refractivity contribution is -0.385. The van der Waals surface area contributed by atoms with Crippen LogP contribution in [0.2, 0.25) is 5.02 Å². The Morgan fingerprint density at radius 2 is 2.04 bits per heavy atom. The molecule has 1 heterocycles. The molecule has 0 fully saturated rings. The van der Waals surface area contributed by atoms with Gasteiger partial charge in [0.2, 0.25) is 5.56 Å². The number of ether oxygens (including phenoxy) is 1. The lowest BCUT2D eigenvalue weighted by atomic mass is 10.1. The molecule has 0 radical (unpaired) electrons. The maximum absolute atomic E-state index is 12.5. The number of nitro benzene ring substituents is 1. The van der Waals surface area contributed by atoms with E-state index >= 15 is 0 Å². The van der Waals surface area contributed by atoms with E-state index in [1.165, 1.54) is 31.4 Å². The highest BCUT2D eigenvalue weighted by molar-refractivity contribution is 6.31. The number of carbonyl (C=O) groups is 1. The maximum Gasteiger partial charge on any atom is 0.282 e. The van der Waals surface area contributed by atoms with Crippen LogP contribution in [0.4, 0.5) is 11.4 Å². The number of pyridine rings is 1. The average molecular weight is 388 g/mol. The van der Waals surface area contributed by atoms with Gasteiger partial charge in [-0.1, -0.05) is 17.7 Å². The quantitative estimate of drug-likeness (QED) is 0.513. The van der Waals surface area contributed by atoms with Gasteiger partial charge in [-0.3, -0.25) is 19.7 Å². The van der Waals surface area contributed by atoms with Crippen molar-refractivity contribution in [3.63, 3.8) is 0 Å². The zero-order valence-corrected chi connectivity index (χ0v) is 14.9. The number of rotatable bonds is 5. The number of methoxy groups -OCH3 is 1. The van der Waals surface area contributed by atoms with Gasteiger partial charge in [-0.25, -0.2) is 0 Å². The van der Waals surface area contributed by atoms with E-state index in [1.807, 2.05) is 0 Å². The Morgan fingerprint density at radius 3 is 2.74 bits per heavy atom. The van der Waals surface area contributed by atoms with E-state index in [1.54, 1.807) is 18.2 Å². The van der Waals surface area contributed by atoms with E-state index in [-0.39, 0.29) is 28.4 Å². The lowest BCUT2D eigenvalue weighted by Crippen LogP contribution is -2.14. The molecule has 0 aliphatic heterocycles. The molecule has 0 saturated heterocycles. The van der Waals surface area contributed by atoms with Crippen LogP contribution in [-0.4, -0.2) is 22.9 Å². The van der Waals surface area contributed by atoms with Crippen molar-refractivity contribution in [3.8, 4) is 0 Å². The van der Waals surface area contributed by atoms with Crippen molar-refractivity contribution in [2.75, 3.05) is 12.4 Å². The van der Waals surface area contributed by atoms with Gasteiger partial charge in [-0.15, -0.1) is 0 Å². The number of aromatic amines is 1. The molecule has 3 rings (SSSR count). The van der Waals surface area contributed by atoms with Crippen molar-refractivity contribution in [2.24, 2.45) is 0 Å². The number of benzene rings is 2. The number of hydrogen-bond acceptors (Lipinski definition) is 5. The van der Waals surface area contributed by atoms with Crippen LogP contribution in [0, 0.1) is 10.1 Å². The smallest absolute Gasteiger partial charge is 0.282 e. The summed E-state index contributed by atoms with van der Waals surface area (Å²) in [4.78, 5) is 37.5. The Hall–Kier alpha value is -3.23. The molecule has 0 aliphatic carbocycles. The molecule has 27 heavy (non-hydrogen) atoms. The van der Waals surface area contributed by atoms with Gasteiger partial charge in [0.15, 0.2) is 0 Å². The Balaban J connectivity index is 1.98. The molecule has 1 aromatic heterocycles. The minimum atomic E-state index is -0.682. The van der Waals surface area contributed by atoms with Gasteiger partial charge in [-0.05, 0) is 29.8 Å².